The maximum Gasteiger partial charge on any atom is 0.0953 e. The van der Waals surface area contributed by atoms with Gasteiger partial charge in [-0.1, -0.05) is 100 Å². The molecule has 0 aromatic heterocycles. The van der Waals surface area contributed by atoms with E-state index >= 15 is 0 Å². The molecular formula is C25H46NOSi4. The lowest BCUT2D eigenvalue weighted by Gasteiger charge is -2.59. The molecule has 3 rings (SSSR count). The molecule has 0 aliphatic heterocycles. The maximum atomic E-state index is 6.12. The van der Waals surface area contributed by atoms with Gasteiger partial charge in [-0.05, 0) is 43.6 Å². The van der Waals surface area contributed by atoms with Crippen LogP contribution in [0, 0.1) is 5.92 Å². The van der Waals surface area contributed by atoms with Crippen molar-refractivity contribution in [2.45, 2.75) is 103 Å². The predicted octanol–water partition coefficient (Wildman–Crippen LogP) is 7.22. The van der Waals surface area contributed by atoms with E-state index in [1.54, 1.807) is 5.57 Å². The Balaban J connectivity index is 2.00. The monoisotopic (exact) mass is 488 g/mol. The van der Waals surface area contributed by atoms with E-state index in [-0.39, 0.29) is 5.54 Å². The molecule has 0 spiro atoms. The van der Waals surface area contributed by atoms with Gasteiger partial charge in [0.05, 0.1) is 18.8 Å². The molecule has 2 fully saturated rings. The highest BCUT2D eigenvalue weighted by Gasteiger charge is 2.62. The molecule has 2 atom stereocenters. The summed E-state index contributed by atoms with van der Waals surface area (Å²) in [6.07, 6.45) is 6.46. The minimum atomic E-state index is -1.54. The van der Waals surface area contributed by atoms with Crippen LogP contribution in [-0.2, 0) is 11.4 Å². The van der Waals surface area contributed by atoms with Gasteiger partial charge in [0.2, 0.25) is 0 Å². The molecule has 2 unspecified atom stereocenters. The van der Waals surface area contributed by atoms with Crippen LogP contribution in [0.1, 0.15) is 37.7 Å². The van der Waals surface area contributed by atoms with E-state index in [1.165, 1.54) is 37.7 Å². The van der Waals surface area contributed by atoms with Crippen LogP contribution in [0.25, 0.3) is 0 Å². The van der Waals surface area contributed by atoms with Crippen LogP contribution in [0.15, 0.2) is 41.6 Å². The Morgan fingerprint density at radius 2 is 1.48 bits per heavy atom. The lowest BCUT2D eigenvalue weighted by molar-refractivity contribution is -0.0935. The second-order valence-electron chi connectivity index (χ2n) is 13.1. The van der Waals surface area contributed by atoms with Gasteiger partial charge >= 0.3 is 0 Å². The van der Waals surface area contributed by atoms with Gasteiger partial charge in [-0.25, -0.2) is 0 Å². The van der Waals surface area contributed by atoms with E-state index < -0.39 is 29.4 Å². The van der Waals surface area contributed by atoms with Crippen molar-refractivity contribution >= 4 is 29.4 Å². The van der Waals surface area contributed by atoms with Crippen LogP contribution in [0.3, 0.4) is 0 Å². The summed E-state index contributed by atoms with van der Waals surface area (Å²) in [4.78, 5) is 6.12. The van der Waals surface area contributed by atoms with Gasteiger partial charge in [-0.15, -0.1) is 5.70 Å². The van der Waals surface area contributed by atoms with Crippen LogP contribution in [0.2, 0.25) is 58.9 Å². The van der Waals surface area contributed by atoms with E-state index in [2.05, 4.69) is 95.0 Å². The lowest BCUT2D eigenvalue weighted by atomic mass is 9.58. The first-order valence-corrected chi connectivity index (χ1v) is 27.9. The zero-order valence-corrected chi connectivity index (χ0v) is 25.6. The summed E-state index contributed by atoms with van der Waals surface area (Å²) in [7, 11) is -4.00. The third-order valence-electron chi connectivity index (χ3n) is 8.35. The smallest absolute Gasteiger partial charge is 0.0953 e. The Kier molecular flexibility index (Phi) is 7.23. The van der Waals surface area contributed by atoms with E-state index in [0.717, 1.165) is 0 Å². The summed E-state index contributed by atoms with van der Waals surface area (Å²) < 4.78 is 0. The summed E-state index contributed by atoms with van der Waals surface area (Å²) in [6, 6.07) is 10.5. The van der Waals surface area contributed by atoms with Gasteiger partial charge in [0.15, 0.2) is 0 Å². The van der Waals surface area contributed by atoms with Crippen molar-refractivity contribution in [2.75, 3.05) is 0 Å². The normalized spacial score (nSPS) is 26.5. The molecule has 1 radical (unpaired) electrons. The zero-order chi connectivity index (χ0) is 23.1. The summed E-state index contributed by atoms with van der Waals surface area (Å²) >= 11 is 0. The van der Waals surface area contributed by atoms with Crippen molar-refractivity contribution < 1.29 is 4.84 Å². The molecule has 2 nitrogen and oxygen atoms in total. The van der Waals surface area contributed by atoms with Crippen molar-refractivity contribution in [3.8, 4) is 0 Å². The molecule has 1 aromatic rings. The number of fused-ring (bicyclic) bond motifs is 1. The Labute approximate surface area is 195 Å². The van der Waals surface area contributed by atoms with E-state index in [0.29, 0.717) is 12.5 Å². The molecule has 0 bridgehead atoms. The van der Waals surface area contributed by atoms with Crippen LogP contribution >= 0.6 is 0 Å². The quantitative estimate of drug-likeness (QED) is 0.280. The summed E-state index contributed by atoms with van der Waals surface area (Å²) in [6.45, 7) is 23.3. The van der Waals surface area contributed by atoms with Crippen molar-refractivity contribution in [1.82, 2.24) is 5.48 Å². The maximum absolute atomic E-state index is 6.12. The summed E-state index contributed by atoms with van der Waals surface area (Å²) in [5.74, 6) is 0.708. The van der Waals surface area contributed by atoms with Gasteiger partial charge in [-0.2, -0.15) is 0 Å². The lowest BCUT2D eigenvalue weighted by Crippen LogP contribution is -2.82. The first-order chi connectivity index (χ1) is 14.2. The minimum Gasteiger partial charge on any atom is -0.276 e. The molecule has 2 saturated carbocycles. The fraction of sp³-hybridized carbons (Fsp3) is 0.680. The Bertz CT molecular complexity index is 752. The highest BCUT2D eigenvalue weighted by atomic mass is 29.9. The van der Waals surface area contributed by atoms with Gasteiger partial charge in [0.25, 0.3) is 0 Å². The second-order valence-corrected chi connectivity index (χ2v) is 53.6. The van der Waals surface area contributed by atoms with Crippen molar-refractivity contribution in [1.29, 1.82) is 0 Å². The number of rotatable bonds is 8. The van der Waals surface area contributed by atoms with Gasteiger partial charge < -0.3 is 0 Å². The second kappa shape index (κ2) is 8.84. The van der Waals surface area contributed by atoms with Crippen LogP contribution in [0.5, 0.6) is 0 Å². The number of hydroxylamine groups is 1. The summed E-state index contributed by atoms with van der Waals surface area (Å²) in [5.41, 5.74) is 11.0. The molecule has 0 heterocycles. The highest BCUT2D eigenvalue weighted by Crippen LogP contribution is 2.53. The average molecular weight is 489 g/mol. The molecule has 2 aliphatic rings. The summed E-state index contributed by atoms with van der Waals surface area (Å²) in [5, 5.41) is 0. The van der Waals surface area contributed by atoms with E-state index in [1.807, 2.05) is 0 Å². The molecule has 0 saturated heterocycles. The first-order valence-electron chi connectivity index (χ1n) is 12.3. The Morgan fingerprint density at radius 3 is 1.97 bits per heavy atom. The molecule has 0 amide bonds. The van der Waals surface area contributed by atoms with Crippen LogP contribution < -0.4 is 5.48 Å². The van der Waals surface area contributed by atoms with Crippen molar-refractivity contribution in [2.24, 2.45) is 5.92 Å². The number of hydrogen-bond donors (Lipinski definition) is 0. The Hall–Kier alpha value is -0.252. The minimum absolute atomic E-state index is 0.00969. The van der Waals surface area contributed by atoms with Crippen LogP contribution in [-0.4, -0.2) is 34.9 Å². The first kappa shape index (κ1) is 25.4. The third-order valence-corrected chi connectivity index (χ3v) is 79.3. The predicted molar refractivity (Wildman–Crippen MR) is 147 cm³/mol. The van der Waals surface area contributed by atoms with Gasteiger partial charge in [0, 0.05) is 22.8 Å². The largest absolute Gasteiger partial charge is 0.276 e. The molecule has 173 valence electrons. The van der Waals surface area contributed by atoms with Gasteiger partial charge in [-0.3, -0.25) is 4.84 Å². The fourth-order valence-corrected chi connectivity index (χ4v) is 103. The van der Waals surface area contributed by atoms with Crippen molar-refractivity contribution in [3.63, 3.8) is 0 Å². The van der Waals surface area contributed by atoms with Crippen molar-refractivity contribution in [3.05, 3.63) is 47.2 Å². The molecule has 6 heteroatoms. The molecule has 2 aliphatic carbocycles. The number of nitrogens with zero attached hydrogens (tertiary/aromatic N) is 1. The molecule has 1 aromatic carbocycles. The van der Waals surface area contributed by atoms with E-state index in [4.69, 9.17) is 10.3 Å². The number of benzene rings is 1. The molecular weight excluding hydrogens is 443 g/mol. The zero-order valence-electron chi connectivity index (χ0n) is 21.6. The highest BCUT2D eigenvalue weighted by molar-refractivity contribution is 7.90. The topological polar surface area (TPSA) is 23.3 Å². The average Bonchev–Trinajstić information content (AvgIpc) is 2.61. The van der Waals surface area contributed by atoms with E-state index in [9.17, 15) is 0 Å². The number of hydrogen-bond acceptors (Lipinski definition) is 1. The SMILES string of the molecule is C[Si](C)(C)[Si](/C=C1\CCCC2CCC12[N]OCc1ccccc1)([Si](C)(C)C)[Si](C)(C)C. The van der Waals surface area contributed by atoms with Crippen LogP contribution in [0.4, 0.5) is 0 Å². The fourth-order valence-electron chi connectivity index (χ4n) is 7.64. The standard InChI is InChI=1S/C25H46NOSi4/c1-28(2,3)31(29(4,5)6,30(7,8)9)21-24-17-13-16-23-18-19-25(23,24)26-27-20-22-14-11-10-12-15-22/h10-12,14-15,21,23H,13,16-20H2,1-9H3/b24-21+. The molecule has 31 heavy (non-hydrogen) atoms. The third kappa shape index (κ3) is 4.58. The van der Waals surface area contributed by atoms with Gasteiger partial charge in [0.1, 0.15) is 0 Å². The molecule has 0 N–H and O–H groups in total. The Morgan fingerprint density at radius 1 is 0.903 bits per heavy atom.